The Morgan fingerprint density at radius 3 is 2.67 bits per heavy atom. The van der Waals surface area contributed by atoms with E-state index in [2.05, 4.69) is 11.3 Å². The lowest BCUT2D eigenvalue weighted by atomic mass is 10.1. The lowest BCUT2D eigenvalue weighted by Crippen LogP contribution is -2.27. The maximum Gasteiger partial charge on any atom is 0.335 e. The minimum absolute atomic E-state index is 0.0219. The Morgan fingerprint density at radius 2 is 2.10 bits per heavy atom. The van der Waals surface area contributed by atoms with Gasteiger partial charge in [0.2, 0.25) is 10.0 Å². The molecule has 0 spiro atoms. The number of sulfonamides is 1. The number of hydrogen-bond donors (Lipinski definition) is 2. The quantitative estimate of drug-likeness (QED) is 0.564. The molecule has 7 heteroatoms. The molecule has 1 aromatic rings. The molecular weight excluding hydrogens is 310 g/mol. The van der Waals surface area contributed by atoms with Crippen molar-refractivity contribution in [3.63, 3.8) is 0 Å². The Morgan fingerprint density at radius 1 is 1.43 bits per heavy atom. The van der Waals surface area contributed by atoms with Crippen LogP contribution in [0.3, 0.4) is 0 Å². The van der Waals surface area contributed by atoms with Crippen LogP contribution in [0.15, 0.2) is 29.7 Å². The van der Waals surface area contributed by atoms with Gasteiger partial charge in [-0.2, -0.15) is 11.8 Å². The highest BCUT2D eigenvalue weighted by molar-refractivity contribution is 7.99. The predicted molar refractivity (Wildman–Crippen MR) is 85.6 cm³/mol. The monoisotopic (exact) mass is 329 g/mol. The molecule has 0 aliphatic heterocycles. The molecule has 0 bridgehead atoms. The van der Waals surface area contributed by atoms with E-state index in [4.69, 9.17) is 5.11 Å². The molecule has 21 heavy (non-hydrogen) atoms. The van der Waals surface area contributed by atoms with Gasteiger partial charge in [0.25, 0.3) is 0 Å². The standard InChI is InChI=1S/C14H19NO4S2/c1-4-6-20-7-5-15-21(18,19)13-9-12(14(16)17)8-10(2)11(13)3/h4,8-9,15H,1,5-7H2,2-3H3,(H,16,17). The maximum atomic E-state index is 12.3. The molecule has 0 unspecified atom stereocenters. The molecule has 0 aromatic heterocycles. The van der Waals surface area contributed by atoms with Gasteiger partial charge in [0, 0.05) is 18.1 Å². The summed E-state index contributed by atoms with van der Waals surface area (Å²) >= 11 is 1.57. The Hall–Kier alpha value is -1.31. The van der Waals surface area contributed by atoms with E-state index in [-0.39, 0.29) is 17.0 Å². The van der Waals surface area contributed by atoms with E-state index in [0.717, 1.165) is 5.75 Å². The number of benzene rings is 1. The average molecular weight is 329 g/mol. The van der Waals surface area contributed by atoms with Gasteiger partial charge in [0.05, 0.1) is 10.5 Å². The number of aryl methyl sites for hydroxylation is 1. The van der Waals surface area contributed by atoms with E-state index >= 15 is 0 Å². The number of rotatable bonds is 8. The van der Waals surface area contributed by atoms with Gasteiger partial charge in [-0.1, -0.05) is 6.08 Å². The summed E-state index contributed by atoms with van der Waals surface area (Å²) in [5.41, 5.74) is 1.17. The van der Waals surface area contributed by atoms with Crippen molar-refractivity contribution in [2.24, 2.45) is 0 Å². The van der Waals surface area contributed by atoms with Crippen LogP contribution in [0.25, 0.3) is 0 Å². The maximum absolute atomic E-state index is 12.3. The number of nitrogens with one attached hydrogen (secondary N) is 1. The number of thioether (sulfide) groups is 1. The molecule has 0 fully saturated rings. The summed E-state index contributed by atoms with van der Waals surface area (Å²) in [6, 6.07) is 2.67. The highest BCUT2D eigenvalue weighted by Gasteiger charge is 2.20. The molecule has 0 heterocycles. The van der Waals surface area contributed by atoms with E-state index < -0.39 is 16.0 Å². The second kappa shape index (κ2) is 7.63. The first-order valence-electron chi connectivity index (χ1n) is 6.32. The van der Waals surface area contributed by atoms with E-state index in [1.54, 1.807) is 31.7 Å². The fraction of sp³-hybridized carbons (Fsp3) is 0.357. The lowest BCUT2D eigenvalue weighted by Gasteiger charge is -2.12. The molecule has 116 valence electrons. The highest BCUT2D eigenvalue weighted by Crippen LogP contribution is 2.21. The van der Waals surface area contributed by atoms with Crippen LogP contribution in [0.2, 0.25) is 0 Å². The molecule has 1 rings (SSSR count). The summed E-state index contributed by atoms with van der Waals surface area (Å²) in [4.78, 5) is 11.1. The molecule has 0 saturated carbocycles. The zero-order chi connectivity index (χ0) is 16.0. The first-order chi connectivity index (χ1) is 9.79. The van der Waals surface area contributed by atoms with Crippen LogP contribution in [0.4, 0.5) is 0 Å². The fourth-order valence-corrected chi connectivity index (χ4v) is 3.80. The van der Waals surface area contributed by atoms with Crippen LogP contribution >= 0.6 is 11.8 Å². The number of carboxylic acids is 1. The number of aromatic carboxylic acids is 1. The lowest BCUT2D eigenvalue weighted by molar-refractivity contribution is 0.0696. The van der Waals surface area contributed by atoms with E-state index in [1.165, 1.54) is 12.1 Å². The van der Waals surface area contributed by atoms with Gasteiger partial charge < -0.3 is 5.11 Å². The minimum atomic E-state index is -3.71. The summed E-state index contributed by atoms with van der Waals surface area (Å²) in [5.74, 6) is 0.243. The molecule has 0 radical (unpaired) electrons. The van der Waals surface area contributed by atoms with E-state index in [0.29, 0.717) is 16.9 Å². The van der Waals surface area contributed by atoms with Gasteiger partial charge in [-0.25, -0.2) is 17.9 Å². The summed E-state index contributed by atoms with van der Waals surface area (Å²) < 4.78 is 27.1. The van der Waals surface area contributed by atoms with Crippen molar-refractivity contribution in [1.82, 2.24) is 4.72 Å². The van der Waals surface area contributed by atoms with Crippen molar-refractivity contribution >= 4 is 27.8 Å². The topological polar surface area (TPSA) is 83.5 Å². The highest BCUT2D eigenvalue weighted by atomic mass is 32.2. The fourth-order valence-electron chi connectivity index (χ4n) is 1.72. The van der Waals surface area contributed by atoms with Crippen molar-refractivity contribution in [3.8, 4) is 0 Å². The third-order valence-corrected chi connectivity index (χ3v) is 5.48. The molecule has 0 amide bonds. The van der Waals surface area contributed by atoms with Crippen LogP contribution in [0.1, 0.15) is 21.5 Å². The van der Waals surface area contributed by atoms with Crippen LogP contribution in [-0.2, 0) is 10.0 Å². The average Bonchev–Trinajstić information content (AvgIpc) is 2.40. The minimum Gasteiger partial charge on any atom is -0.478 e. The van der Waals surface area contributed by atoms with Crippen molar-refractivity contribution in [2.75, 3.05) is 18.1 Å². The largest absolute Gasteiger partial charge is 0.478 e. The molecule has 0 atom stereocenters. The third-order valence-electron chi connectivity index (χ3n) is 2.93. The molecule has 0 aliphatic carbocycles. The summed E-state index contributed by atoms with van der Waals surface area (Å²) in [5, 5.41) is 9.04. The Balaban J connectivity index is 2.97. The van der Waals surface area contributed by atoms with Crippen molar-refractivity contribution in [2.45, 2.75) is 18.7 Å². The second-order valence-electron chi connectivity index (χ2n) is 4.48. The van der Waals surface area contributed by atoms with Crippen molar-refractivity contribution in [3.05, 3.63) is 41.5 Å². The van der Waals surface area contributed by atoms with Crippen LogP contribution in [-0.4, -0.2) is 37.5 Å². The predicted octanol–water partition coefficient (Wildman–Crippen LogP) is 2.20. The molecule has 1 aromatic carbocycles. The van der Waals surface area contributed by atoms with Crippen LogP contribution in [0.5, 0.6) is 0 Å². The van der Waals surface area contributed by atoms with Gasteiger partial charge in [-0.05, 0) is 37.1 Å². The molecule has 0 saturated heterocycles. The first-order valence-corrected chi connectivity index (χ1v) is 8.96. The normalized spacial score (nSPS) is 11.3. The van der Waals surface area contributed by atoms with E-state index in [9.17, 15) is 13.2 Å². The number of carbonyl (C=O) groups is 1. The van der Waals surface area contributed by atoms with E-state index in [1.807, 2.05) is 0 Å². The third kappa shape index (κ3) is 4.87. The van der Waals surface area contributed by atoms with Gasteiger partial charge in [-0.15, -0.1) is 6.58 Å². The first kappa shape index (κ1) is 17.7. The smallest absolute Gasteiger partial charge is 0.335 e. The van der Waals surface area contributed by atoms with Crippen molar-refractivity contribution < 1.29 is 18.3 Å². The zero-order valence-electron chi connectivity index (χ0n) is 12.0. The Bertz CT molecular complexity index is 639. The molecule has 0 aliphatic rings. The van der Waals surface area contributed by atoms with Gasteiger partial charge in [-0.3, -0.25) is 0 Å². The van der Waals surface area contributed by atoms with Gasteiger partial charge >= 0.3 is 5.97 Å². The Kier molecular flexibility index (Phi) is 6.44. The summed E-state index contributed by atoms with van der Waals surface area (Å²) in [6.07, 6.45) is 1.75. The molecular formula is C14H19NO4S2. The number of hydrogen-bond acceptors (Lipinski definition) is 4. The van der Waals surface area contributed by atoms with Crippen LogP contribution in [0, 0.1) is 13.8 Å². The number of carboxylic acid groups (broad SMARTS) is 1. The molecule has 5 nitrogen and oxygen atoms in total. The van der Waals surface area contributed by atoms with Gasteiger partial charge in [0.1, 0.15) is 0 Å². The van der Waals surface area contributed by atoms with Gasteiger partial charge in [0.15, 0.2) is 0 Å². The summed E-state index contributed by atoms with van der Waals surface area (Å²) in [6.45, 7) is 7.24. The Labute approximate surface area is 129 Å². The zero-order valence-corrected chi connectivity index (χ0v) is 13.7. The molecule has 2 N–H and O–H groups in total. The summed E-state index contributed by atoms with van der Waals surface area (Å²) in [7, 11) is -3.71. The SMILES string of the molecule is C=CCSCCNS(=O)(=O)c1cc(C(=O)O)cc(C)c1C. The van der Waals surface area contributed by atoms with Crippen molar-refractivity contribution in [1.29, 1.82) is 0 Å². The second-order valence-corrected chi connectivity index (χ2v) is 7.37. The van der Waals surface area contributed by atoms with Crippen LogP contribution < -0.4 is 4.72 Å².